The van der Waals surface area contributed by atoms with Gasteiger partial charge in [0.15, 0.2) is 5.96 Å². The zero-order chi connectivity index (χ0) is 52.5. The molecule has 9 N–H and O–H groups in total. The minimum Gasteiger partial charge on any atom is -0.508 e. The lowest BCUT2D eigenvalue weighted by Crippen LogP contribution is -2.48. The van der Waals surface area contributed by atoms with Crippen molar-refractivity contribution in [1.82, 2.24) is 41.7 Å². The van der Waals surface area contributed by atoms with Crippen molar-refractivity contribution in [3.8, 4) is 11.5 Å². The molecule has 7 amide bonds. The standard InChI is InChI=1S/C51H72F2N10O9/c1-5-43(65)55-24-25-57-49(69)61-48(54)56-23-12-16-42(46(67)59-34-39-40(52)32-37(64)33-41(39)53)60-47(68)45(35-14-8-6-9-15-35)36-18-20-38(21-19-36)71-31-13-26-62-27-29-63(30-28-62)44(66)17-10-7-11-22-58-50(70)72-51(2,3)4/h6,8-9,14-15,18-21,32-33,42,45,64H,5,7,10-13,16-17,22-31,34H2,1-4H3,(H,55,65)(H,58,70)(H,59,67)(H,60,68)(H4,54,56,57,61,69)/t42-,45?/m1/s1. The van der Waals surface area contributed by atoms with Gasteiger partial charge in [0.2, 0.25) is 23.6 Å². The number of unbranched alkanes of at least 4 members (excludes halogenated alkanes) is 2. The fourth-order valence-electron chi connectivity index (χ4n) is 7.62. The molecule has 1 heterocycles. The van der Waals surface area contributed by atoms with Crippen molar-refractivity contribution in [2.75, 3.05) is 65.5 Å². The van der Waals surface area contributed by atoms with Gasteiger partial charge in [0, 0.05) is 96.0 Å². The molecule has 0 aromatic heterocycles. The number of alkyl carbamates (subject to hydrolysis) is 1. The van der Waals surface area contributed by atoms with Gasteiger partial charge in [0.25, 0.3) is 0 Å². The highest BCUT2D eigenvalue weighted by Crippen LogP contribution is 2.28. The molecule has 1 aliphatic rings. The van der Waals surface area contributed by atoms with Crippen LogP contribution in [-0.2, 0) is 30.5 Å². The Morgan fingerprint density at radius 2 is 1.46 bits per heavy atom. The number of guanidine groups is 1. The lowest BCUT2D eigenvalue weighted by atomic mass is 9.90. The van der Waals surface area contributed by atoms with Crippen molar-refractivity contribution in [1.29, 1.82) is 0 Å². The smallest absolute Gasteiger partial charge is 0.407 e. The van der Waals surface area contributed by atoms with Gasteiger partial charge < -0.3 is 51.8 Å². The van der Waals surface area contributed by atoms with E-state index in [1.165, 1.54) is 0 Å². The van der Waals surface area contributed by atoms with E-state index in [1.807, 2.05) is 31.7 Å². The predicted octanol–water partition coefficient (Wildman–Crippen LogP) is 4.52. The van der Waals surface area contributed by atoms with Crippen LogP contribution in [0, 0.1) is 11.6 Å². The first-order chi connectivity index (χ1) is 34.4. The van der Waals surface area contributed by atoms with Gasteiger partial charge in [-0.05, 0) is 76.1 Å². The largest absolute Gasteiger partial charge is 0.508 e. The van der Waals surface area contributed by atoms with Crippen molar-refractivity contribution in [2.24, 2.45) is 10.7 Å². The van der Waals surface area contributed by atoms with E-state index in [4.69, 9.17) is 15.2 Å². The van der Waals surface area contributed by atoms with Gasteiger partial charge in [-0.25, -0.2) is 18.4 Å². The van der Waals surface area contributed by atoms with Gasteiger partial charge in [-0.15, -0.1) is 0 Å². The van der Waals surface area contributed by atoms with Crippen LogP contribution in [0.4, 0.5) is 18.4 Å². The average molecular weight is 1010 g/mol. The number of aliphatic imine (C=N–C) groups is 1. The van der Waals surface area contributed by atoms with E-state index in [0.29, 0.717) is 56.0 Å². The van der Waals surface area contributed by atoms with Crippen LogP contribution >= 0.6 is 0 Å². The number of urea groups is 1. The molecule has 0 aliphatic carbocycles. The summed E-state index contributed by atoms with van der Waals surface area (Å²) >= 11 is 0. The van der Waals surface area contributed by atoms with Crippen molar-refractivity contribution in [3.05, 3.63) is 95.1 Å². The number of benzene rings is 3. The van der Waals surface area contributed by atoms with Gasteiger partial charge in [-0.1, -0.05) is 55.8 Å². The molecule has 2 atom stereocenters. The van der Waals surface area contributed by atoms with Crippen LogP contribution in [0.5, 0.6) is 11.5 Å². The normalized spacial score (nSPS) is 13.8. The van der Waals surface area contributed by atoms with Gasteiger partial charge in [0.05, 0.1) is 12.5 Å². The molecule has 3 aromatic carbocycles. The number of aromatic hydroxyl groups is 1. The van der Waals surface area contributed by atoms with Crippen LogP contribution in [0.3, 0.4) is 0 Å². The molecule has 1 aliphatic heterocycles. The number of amides is 7. The Morgan fingerprint density at radius 3 is 2.12 bits per heavy atom. The second-order valence-electron chi connectivity index (χ2n) is 18.2. The SMILES string of the molecule is CCC(=O)NCCNC(=O)NC(N)=NCCC[C@@H](NC(=O)C(c1ccccc1)c1ccc(OCCCN2CCN(C(=O)CCCCCNC(=O)OC(C)(C)C)CC2)cc1)C(=O)NCc1c(F)cc(O)cc1F. The number of carbonyl (C=O) groups excluding carboxylic acids is 6. The molecular weight excluding hydrogens is 935 g/mol. The van der Waals surface area contributed by atoms with Crippen molar-refractivity contribution in [2.45, 2.75) is 103 Å². The number of hydrogen-bond donors (Lipinski definition) is 8. The van der Waals surface area contributed by atoms with Crippen molar-refractivity contribution >= 4 is 41.7 Å². The number of carbonyl (C=O) groups is 6. The van der Waals surface area contributed by atoms with Crippen molar-refractivity contribution in [3.63, 3.8) is 0 Å². The Bertz CT molecular complexity index is 2230. The fraction of sp³-hybridized carbons (Fsp3) is 0.510. The summed E-state index contributed by atoms with van der Waals surface area (Å²) in [5.74, 6) is -4.51. The predicted molar refractivity (Wildman–Crippen MR) is 268 cm³/mol. The molecule has 72 heavy (non-hydrogen) atoms. The Morgan fingerprint density at radius 1 is 0.792 bits per heavy atom. The van der Waals surface area contributed by atoms with E-state index in [-0.39, 0.29) is 50.2 Å². The molecule has 0 bridgehead atoms. The minimum atomic E-state index is -1.21. The summed E-state index contributed by atoms with van der Waals surface area (Å²) in [4.78, 5) is 84.6. The number of halogens is 2. The van der Waals surface area contributed by atoms with Gasteiger partial charge >= 0.3 is 12.1 Å². The lowest BCUT2D eigenvalue weighted by molar-refractivity contribution is -0.133. The van der Waals surface area contributed by atoms with E-state index < -0.39 is 71.0 Å². The number of nitrogens with one attached hydrogen (secondary N) is 6. The maximum Gasteiger partial charge on any atom is 0.407 e. The summed E-state index contributed by atoms with van der Waals surface area (Å²) in [5, 5.41) is 25.2. The number of nitrogens with two attached hydrogens (primary N) is 1. The minimum absolute atomic E-state index is 0.0134. The van der Waals surface area contributed by atoms with Crippen LogP contribution in [0.25, 0.3) is 0 Å². The molecular formula is C51H72F2N10O9. The molecule has 0 radical (unpaired) electrons. The topological polar surface area (TPSA) is 258 Å². The quantitative estimate of drug-likeness (QED) is 0.0315. The summed E-state index contributed by atoms with van der Waals surface area (Å²) in [5.41, 5.74) is 6.10. The second-order valence-corrected chi connectivity index (χ2v) is 18.2. The third-order valence-corrected chi connectivity index (χ3v) is 11.4. The Balaban J connectivity index is 1.29. The summed E-state index contributed by atoms with van der Waals surface area (Å²) < 4.78 is 40.5. The maximum absolute atomic E-state index is 14.6. The summed E-state index contributed by atoms with van der Waals surface area (Å²) in [6, 6.07) is 15.7. The number of hydrogen-bond acceptors (Lipinski definition) is 11. The molecule has 4 rings (SSSR count). The van der Waals surface area contributed by atoms with E-state index in [2.05, 4.69) is 41.8 Å². The Labute approximate surface area is 420 Å². The molecule has 0 saturated carbocycles. The van der Waals surface area contributed by atoms with Crippen molar-refractivity contribution < 1.29 is 52.1 Å². The highest BCUT2D eigenvalue weighted by atomic mass is 19.1. The Hall–Kier alpha value is -7.03. The first-order valence-electron chi connectivity index (χ1n) is 24.5. The van der Waals surface area contributed by atoms with E-state index in [1.54, 1.807) is 55.5 Å². The number of rotatable bonds is 26. The van der Waals surface area contributed by atoms with Crippen LogP contribution in [0.15, 0.2) is 71.7 Å². The average Bonchev–Trinajstić information content (AvgIpc) is 3.33. The van der Waals surface area contributed by atoms with Gasteiger partial charge in [-0.2, -0.15) is 0 Å². The van der Waals surface area contributed by atoms with E-state index in [0.717, 1.165) is 57.5 Å². The number of piperazine rings is 1. The Kier molecular flexibility index (Phi) is 24.0. The zero-order valence-corrected chi connectivity index (χ0v) is 41.8. The number of phenolic OH excluding ortho intramolecular Hbond substituents is 1. The second kappa shape index (κ2) is 30.0. The monoisotopic (exact) mass is 1010 g/mol. The number of phenols is 1. The lowest BCUT2D eigenvalue weighted by Gasteiger charge is -2.34. The third-order valence-electron chi connectivity index (χ3n) is 11.4. The molecule has 1 saturated heterocycles. The van der Waals surface area contributed by atoms with Crippen LogP contribution in [0.1, 0.15) is 102 Å². The molecule has 1 unspecified atom stereocenters. The highest BCUT2D eigenvalue weighted by molar-refractivity contribution is 5.95. The third kappa shape index (κ3) is 21.1. The van der Waals surface area contributed by atoms with Crippen LogP contribution < -0.4 is 42.4 Å². The first-order valence-corrected chi connectivity index (χ1v) is 24.5. The number of nitrogens with zero attached hydrogens (tertiary/aromatic N) is 3. The van der Waals surface area contributed by atoms with Gasteiger partial charge in [0.1, 0.15) is 34.8 Å². The molecule has 1 fully saturated rings. The summed E-state index contributed by atoms with van der Waals surface area (Å²) in [6.07, 6.45) is 3.66. The summed E-state index contributed by atoms with van der Waals surface area (Å²) in [7, 11) is 0. The van der Waals surface area contributed by atoms with Crippen LogP contribution in [-0.4, -0.2) is 134 Å². The molecule has 3 aromatic rings. The first kappa shape index (κ1) is 57.5. The van der Waals surface area contributed by atoms with Crippen LogP contribution in [0.2, 0.25) is 0 Å². The molecule has 19 nitrogen and oxygen atoms in total. The zero-order valence-electron chi connectivity index (χ0n) is 41.8. The van der Waals surface area contributed by atoms with Gasteiger partial charge in [-0.3, -0.25) is 34.4 Å². The van der Waals surface area contributed by atoms with E-state index in [9.17, 15) is 42.7 Å². The summed E-state index contributed by atoms with van der Waals surface area (Å²) in [6.45, 7) is 11.6. The maximum atomic E-state index is 14.6. The van der Waals surface area contributed by atoms with E-state index >= 15 is 0 Å². The fourth-order valence-corrected chi connectivity index (χ4v) is 7.62. The molecule has 21 heteroatoms. The molecule has 0 spiro atoms. The number of ether oxygens (including phenoxy) is 2. The molecule has 394 valence electrons. The highest BCUT2D eigenvalue weighted by Gasteiger charge is 2.29.